The lowest BCUT2D eigenvalue weighted by molar-refractivity contribution is 0.302. The zero-order valence-electron chi connectivity index (χ0n) is 9.63. The van der Waals surface area contributed by atoms with Crippen molar-refractivity contribution in [3.63, 3.8) is 0 Å². The van der Waals surface area contributed by atoms with Crippen molar-refractivity contribution in [3.05, 3.63) is 27.2 Å². The summed E-state index contributed by atoms with van der Waals surface area (Å²) >= 11 is 9.39. The molecule has 1 atom stereocenters. The van der Waals surface area contributed by atoms with Crippen LogP contribution in [0.5, 0.6) is 5.75 Å². The van der Waals surface area contributed by atoms with Crippen LogP contribution in [0.25, 0.3) is 0 Å². The van der Waals surface area contributed by atoms with Crippen LogP contribution in [-0.4, -0.2) is 5.11 Å². The molecule has 2 nitrogen and oxygen atoms in total. The van der Waals surface area contributed by atoms with Gasteiger partial charge in [0.2, 0.25) is 0 Å². The lowest BCUT2D eigenvalue weighted by Crippen LogP contribution is -2.24. The first-order chi connectivity index (χ1) is 8.11. The normalized spacial score (nSPS) is 19.2. The molecule has 0 spiro atoms. The molecule has 1 aliphatic carbocycles. The fraction of sp³-hybridized carbons (Fsp3) is 0.538. The van der Waals surface area contributed by atoms with Gasteiger partial charge in [-0.1, -0.05) is 46.8 Å². The van der Waals surface area contributed by atoms with Crippen LogP contribution in [0.4, 0.5) is 0 Å². The zero-order chi connectivity index (χ0) is 12.4. The van der Waals surface area contributed by atoms with E-state index in [0.29, 0.717) is 10.9 Å². The second-order valence-corrected chi connectivity index (χ2v) is 5.98. The molecule has 1 aromatic rings. The van der Waals surface area contributed by atoms with Gasteiger partial charge in [-0.05, 0) is 30.9 Å². The van der Waals surface area contributed by atoms with Gasteiger partial charge in [-0.25, -0.2) is 0 Å². The van der Waals surface area contributed by atoms with Gasteiger partial charge in [0.25, 0.3) is 0 Å². The monoisotopic (exact) mass is 317 g/mol. The molecule has 0 unspecified atom stereocenters. The Kier molecular flexibility index (Phi) is 4.34. The van der Waals surface area contributed by atoms with Crippen LogP contribution in [0.15, 0.2) is 16.6 Å². The summed E-state index contributed by atoms with van der Waals surface area (Å²) in [5.41, 5.74) is 7.05. The number of hydrogen-bond donors (Lipinski definition) is 2. The minimum Gasteiger partial charge on any atom is -0.506 e. The van der Waals surface area contributed by atoms with E-state index in [4.69, 9.17) is 17.3 Å². The molecule has 1 saturated carbocycles. The van der Waals surface area contributed by atoms with E-state index in [1.54, 1.807) is 6.07 Å². The maximum absolute atomic E-state index is 10.0. The molecule has 1 aromatic carbocycles. The lowest BCUT2D eigenvalue weighted by atomic mass is 9.81. The van der Waals surface area contributed by atoms with Gasteiger partial charge in [0, 0.05) is 16.1 Å². The zero-order valence-corrected chi connectivity index (χ0v) is 12.0. The molecule has 0 aromatic heterocycles. The number of hydrogen-bond acceptors (Lipinski definition) is 2. The van der Waals surface area contributed by atoms with Gasteiger partial charge in [-0.3, -0.25) is 0 Å². The largest absolute Gasteiger partial charge is 0.506 e. The van der Waals surface area contributed by atoms with Gasteiger partial charge in [0.05, 0.1) is 5.02 Å². The Morgan fingerprint density at radius 2 is 1.94 bits per heavy atom. The fourth-order valence-corrected chi connectivity index (χ4v) is 3.35. The van der Waals surface area contributed by atoms with Crippen molar-refractivity contribution < 1.29 is 5.11 Å². The summed E-state index contributed by atoms with van der Waals surface area (Å²) in [7, 11) is 0. The molecule has 0 amide bonds. The number of rotatable bonds is 2. The minimum absolute atomic E-state index is 0.124. The molecular weight excluding hydrogens is 302 g/mol. The minimum atomic E-state index is -0.136. The van der Waals surface area contributed by atoms with Gasteiger partial charge in [0.15, 0.2) is 0 Å². The van der Waals surface area contributed by atoms with Crippen LogP contribution in [-0.2, 0) is 0 Å². The van der Waals surface area contributed by atoms with E-state index >= 15 is 0 Å². The standard InChI is InChI=1S/C13H17BrClNO/c14-9-6-7-10(15)13(17)11(9)12(16)8-4-2-1-3-5-8/h6-8,12,17H,1-5,16H2/t12-/m1/s1. The predicted molar refractivity (Wildman–Crippen MR) is 74.3 cm³/mol. The van der Waals surface area contributed by atoms with Crippen molar-refractivity contribution in [3.8, 4) is 5.75 Å². The maximum atomic E-state index is 10.0. The van der Waals surface area contributed by atoms with Crippen molar-refractivity contribution in [2.45, 2.75) is 38.1 Å². The van der Waals surface area contributed by atoms with Gasteiger partial charge in [0.1, 0.15) is 5.75 Å². The molecule has 4 heteroatoms. The van der Waals surface area contributed by atoms with Crippen LogP contribution < -0.4 is 5.73 Å². The van der Waals surface area contributed by atoms with E-state index in [-0.39, 0.29) is 11.8 Å². The van der Waals surface area contributed by atoms with Crippen LogP contribution in [0.3, 0.4) is 0 Å². The molecular formula is C13H17BrClNO. The average Bonchev–Trinajstić information content (AvgIpc) is 2.35. The number of benzene rings is 1. The van der Waals surface area contributed by atoms with E-state index in [2.05, 4.69) is 15.9 Å². The van der Waals surface area contributed by atoms with E-state index < -0.39 is 0 Å². The number of nitrogens with two attached hydrogens (primary N) is 1. The Balaban J connectivity index is 2.29. The first-order valence-electron chi connectivity index (χ1n) is 6.03. The van der Waals surface area contributed by atoms with Crippen LogP contribution in [0.1, 0.15) is 43.7 Å². The smallest absolute Gasteiger partial charge is 0.140 e. The van der Waals surface area contributed by atoms with Gasteiger partial charge >= 0.3 is 0 Å². The molecule has 0 aliphatic heterocycles. The molecule has 3 N–H and O–H groups in total. The summed E-state index contributed by atoms with van der Waals surface area (Å²) in [5.74, 6) is 0.573. The molecule has 1 fully saturated rings. The van der Waals surface area contributed by atoms with E-state index in [1.165, 1.54) is 19.3 Å². The lowest BCUT2D eigenvalue weighted by Gasteiger charge is -2.29. The summed E-state index contributed by atoms with van der Waals surface area (Å²) in [5, 5.41) is 10.4. The molecule has 0 saturated heterocycles. The predicted octanol–water partition coefficient (Wildman–Crippen LogP) is 4.39. The van der Waals surface area contributed by atoms with E-state index in [9.17, 15) is 5.11 Å². The third-order valence-corrected chi connectivity index (χ3v) is 4.60. The Hall–Kier alpha value is -0.250. The van der Waals surface area contributed by atoms with Crippen molar-refractivity contribution in [1.29, 1.82) is 0 Å². The molecule has 17 heavy (non-hydrogen) atoms. The Morgan fingerprint density at radius 3 is 2.59 bits per heavy atom. The first kappa shape index (κ1) is 13.2. The quantitative estimate of drug-likeness (QED) is 0.849. The molecule has 1 aliphatic rings. The summed E-state index contributed by atoms with van der Waals surface area (Å²) in [6.07, 6.45) is 6.04. The van der Waals surface area contributed by atoms with E-state index in [1.807, 2.05) is 6.07 Å². The van der Waals surface area contributed by atoms with Crippen molar-refractivity contribution in [2.75, 3.05) is 0 Å². The second kappa shape index (κ2) is 5.59. The molecule has 94 valence electrons. The first-order valence-corrected chi connectivity index (χ1v) is 7.21. The molecule has 0 heterocycles. The highest BCUT2D eigenvalue weighted by atomic mass is 79.9. The number of phenolic OH excluding ortho intramolecular Hbond substituents is 1. The number of phenols is 1. The number of aromatic hydroxyl groups is 1. The maximum Gasteiger partial charge on any atom is 0.140 e. The van der Waals surface area contributed by atoms with Gasteiger partial charge in [-0.2, -0.15) is 0 Å². The number of halogens is 2. The fourth-order valence-electron chi connectivity index (χ4n) is 2.60. The van der Waals surface area contributed by atoms with Crippen LogP contribution in [0.2, 0.25) is 5.02 Å². The Labute approximate surface area is 115 Å². The van der Waals surface area contributed by atoms with Crippen LogP contribution >= 0.6 is 27.5 Å². The summed E-state index contributed by atoms with van der Waals surface area (Å²) < 4.78 is 0.845. The summed E-state index contributed by atoms with van der Waals surface area (Å²) in [6, 6.07) is 3.39. The topological polar surface area (TPSA) is 46.2 Å². The second-order valence-electron chi connectivity index (χ2n) is 4.72. The van der Waals surface area contributed by atoms with Gasteiger partial charge in [-0.15, -0.1) is 0 Å². The van der Waals surface area contributed by atoms with Crippen molar-refractivity contribution >= 4 is 27.5 Å². The van der Waals surface area contributed by atoms with E-state index in [0.717, 1.165) is 22.9 Å². The van der Waals surface area contributed by atoms with Gasteiger partial charge < -0.3 is 10.8 Å². The third kappa shape index (κ3) is 2.78. The highest BCUT2D eigenvalue weighted by Crippen LogP contribution is 2.42. The summed E-state index contributed by atoms with van der Waals surface area (Å²) in [6.45, 7) is 0. The van der Waals surface area contributed by atoms with Crippen LogP contribution in [0, 0.1) is 5.92 Å². The SMILES string of the molecule is N[C@@H](c1c(Br)ccc(Cl)c1O)C1CCCCC1. The highest BCUT2D eigenvalue weighted by Gasteiger charge is 2.26. The molecule has 0 bridgehead atoms. The third-order valence-electron chi connectivity index (χ3n) is 3.61. The highest BCUT2D eigenvalue weighted by molar-refractivity contribution is 9.10. The van der Waals surface area contributed by atoms with Crippen molar-refractivity contribution in [1.82, 2.24) is 0 Å². The average molecular weight is 319 g/mol. The molecule has 2 rings (SSSR count). The van der Waals surface area contributed by atoms with Crippen molar-refractivity contribution in [2.24, 2.45) is 11.7 Å². The Bertz CT molecular complexity index is 405. The Morgan fingerprint density at radius 1 is 1.29 bits per heavy atom. The summed E-state index contributed by atoms with van der Waals surface area (Å²) in [4.78, 5) is 0. The molecule has 0 radical (unpaired) electrons.